The van der Waals surface area contributed by atoms with Gasteiger partial charge >= 0.3 is 197 Å². The maximum atomic E-state index is 7.65. The molecule has 2 atom stereocenters. The van der Waals surface area contributed by atoms with Crippen molar-refractivity contribution in [2.24, 2.45) is 0 Å². The number of halogens is 2. The second kappa shape index (κ2) is 6.73. The van der Waals surface area contributed by atoms with Crippen LogP contribution in [0, 0.1) is 0 Å². The van der Waals surface area contributed by atoms with Gasteiger partial charge in [0.25, 0.3) is 0 Å². The molecule has 2 aliphatic carbocycles. The molecule has 0 saturated carbocycles. The Kier molecular flexibility index (Phi) is 4.36. The van der Waals surface area contributed by atoms with Crippen LogP contribution >= 0.6 is 17.2 Å². The van der Waals surface area contributed by atoms with Crippen LogP contribution in [0.5, 0.6) is 0 Å². The Labute approximate surface area is 195 Å². The molecule has 2 aliphatic heterocycles. The minimum absolute atomic E-state index is 0.231. The molecule has 0 fully saturated rings. The summed E-state index contributed by atoms with van der Waals surface area (Å²) in [7, 11) is 19.7. The van der Waals surface area contributed by atoms with Crippen molar-refractivity contribution in [1.29, 1.82) is 0 Å². The second-order valence-electron chi connectivity index (χ2n) is 9.00. The van der Waals surface area contributed by atoms with Crippen molar-refractivity contribution < 1.29 is 17.6 Å². The van der Waals surface area contributed by atoms with Gasteiger partial charge in [0, 0.05) is 0 Å². The average molecular weight is 614 g/mol. The third-order valence-electron chi connectivity index (χ3n) is 7.35. The first kappa shape index (κ1) is 20.1. The van der Waals surface area contributed by atoms with Crippen molar-refractivity contribution in [2.45, 2.75) is 25.9 Å². The molecule has 5 heteroatoms. The number of hydrogen-bond donors (Lipinski definition) is 0. The molecule has 2 nitrogen and oxygen atoms in total. The summed E-state index contributed by atoms with van der Waals surface area (Å²) < 4.78 is 2.53. The Morgan fingerprint density at radius 1 is 0.677 bits per heavy atom. The van der Waals surface area contributed by atoms with Crippen molar-refractivity contribution in [3.05, 3.63) is 89.6 Å². The molecule has 2 heterocycles. The number of benzene rings is 2. The summed E-state index contributed by atoms with van der Waals surface area (Å²) in [5.41, 5.74) is 10.3. The van der Waals surface area contributed by atoms with Gasteiger partial charge in [-0.2, -0.15) is 0 Å². The number of anilines is 2. The average Bonchev–Trinajstić information content (AvgIpc) is 3.43. The number of likely N-dealkylation sites (N-methyl/N-ethyl adjacent to an activating group) is 2. The van der Waals surface area contributed by atoms with Crippen LogP contribution in [0.25, 0.3) is 11.1 Å². The topological polar surface area (TPSA) is 6.48 Å². The number of para-hydroxylation sites is 2. The number of allylic oxidation sites excluding steroid dienone is 4. The van der Waals surface area contributed by atoms with Crippen molar-refractivity contribution in [2.75, 3.05) is 23.9 Å². The van der Waals surface area contributed by atoms with Crippen molar-refractivity contribution >= 4 is 39.7 Å². The fraction of sp³-hybridized carbons (Fsp3) is 0.231. The van der Waals surface area contributed by atoms with E-state index in [2.05, 4.69) is 98.4 Å². The second-order valence-corrected chi connectivity index (χ2v) is 27.6. The third kappa shape index (κ3) is 2.54. The first-order valence-corrected chi connectivity index (χ1v) is 23.2. The molecule has 0 amide bonds. The Balaban J connectivity index is 1.61. The summed E-state index contributed by atoms with van der Waals surface area (Å²) in [5.74, 6) is 0. The Hall–Kier alpha value is -1.55. The molecule has 0 aromatic heterocycles. The van der Waals surface area contributed by atoms with E-state index >= 15 is 0 Å². The standard InChI is InChI=1S/2C13H12N.2ClH.Hf/c2*1-9-7-11-10-5-3-4-6-12(10)14(2)13(11)8-9;;;/h2*3-6,8,13H,1-2H3;2*1H;/q;;;;+2/p-2. The molecule has 4 aliphatic rings. The molecule has 2 aromatic carbocycles. The molecule has 2 aromatic rings. The van der Waals surface area contributed by atoms with Crippen molar-refractivity contribution in [3.8, 4) is 0 Å². The van der Waals surface area contributed by atoms with Gasteiger partial charge in [-0.15, -0.1) is 0 Å². The normalized spacial score (nSPS) is 23.8. The predicted octanol–water partition coefficient (Wildman–Crippen LogP) is 6.83. The van der Waals surface area contributed by atoms with Crippen molar-refractivity contribution in [1.82, 2.24) is 0 Å². The first-order valence-electron chi connectivity index (χ1n) is 10.7. The summed E-state index contributed by atoms with van der Waals surface area (Å²) >= 11 is -4.15. The molecule has 31 heavy (non-hydrogen) atoms. The van der Waals surface area contributed by atoms with Crippen LogP contribution in [-0.4, -0.2) is 26.2 Å². The molecule has 0 saturated heterocycles. The first-order chi connectivity index (χ1) is 14.8. The van der Waals surface area contributed by atoms with E-state index in [4.69, 9.17) is 17.2 Å². The van der Waals surface area contributed by atoms with Gasteiger partial charge in [-0.3, -0.25) is 0 Å². The van der Waals surface area contributed by atoms with Gasteiger partial charge in [-0.1, -0.05) is 0 Å². The maximum absolute atomic E-state index is 7.65. The third-order valence-corrected chi connectivity index (χ3v) is 22.8. The Bertz CT molecular complexity index is 1190. The number of nitrogens with zero attached hydrogens (tertiary/aromatic N) is 2. The van der Waals surface area contributed by atoms with Crippen LogP contribution in [-0.2, 0) is 17.6 Å². The van der Waals surface area contributed by atoms with E-state index in [0.717, 1.165) is 0 Å². The van der Waals surface area contributed by atoms with E-state index in [9.17, 15) is 0 Å². The zero-order valence-electron chi connectivity index (χ0n) is 18.1. The molecular weight excluding hydrogens is 590 g/mol. The minimum atomic E-state index is -4.15. The van der Waals surface area contributed by atoms with Gasteiger partial charge in [-0.25, -0.2) is 0 Å². The monoisotopic (exact) mass is 614 g/mol. The van der Waals surface area contributed by atoms with Gasteiger partial charge in [0.1, 0.15) is 0 Å². The summed E-state index contributed by atoms with van der Waals surface area (Å²) in [6, 6.07) is 17.8. The van der Waals surface area contributed by atoms with Crippen LogP contribution < -0.4 is 9.80 Å². The summed E-state index contributed by atoms with van der Waals surface area (Å²) in [6.45, 7) is 4.39. The van der Waals surface area contributed by atoms with Gasteiger partial charge < -0.3 is 0 Å². The van der Waals surface area contributed by atoms with E-state index in [-0.39, 0.29) is 12.1 Å². The Morgan fingerprint density at radius 2 is 1.06 bits per heavy atom. The van der Waals surface area contributed by atoms with E-state index in [0.29, 0.717) is 0 Å². The molecule has 0 bridgehead atoms. The number of hydrogen-bond acceptors (Lipinski definition) is 2. The van der Waals surface area contributed by atoms with E-state index in [1.54, 1.807) is 0 Å². The van der Waals surface area contributed by atoms with Crippen LogP contribution in [0.3, 0.4) is 0 Å². The zero-order chi connectivity index (χ0) is 21.7. The summed E-state index contributed by atoms with van der Waals surface area (Å²) in [5, 5.41) is 0. The SMILES string of the molecule is CC1=CC2C(=[C]1[Hf]([Cl])([Cl])[C]1=C3c4ccccc4N(C)C3C=C1C)c1ccccc1N2C. The molecule has 6 rings (SSSR count). The van der Waals surface area contributed by atoms with Gasteiger partial charge in [0.05, 0.1) is 0 Å². The predicted molar refractivity (Wildman–Crippen MR) is 130 cm³/mol. The Morgan fingerprint density at radius 3 is 1.48 bits per heavy atom. The zero-order valence-corrected chi connectivity index (χ0v) is 23.2. The van der Waals surface area contributed by atoms with E-state index in [1.165, 1.54) is 51.5 Å². The fourth-order valence-corrected chi connectivity index (χ4v) is 23.7. The van der Waals surface area contributed by atoms with Crippen LogP contribution in [0.15, 0.2) is 78.5 Å². The van der Waals surface area contributed by atoms with Gasteiger partial charge in [0.2, 0.25) is 0 Å². The molecule has 0 spiro atoms. The van der Waals surface area contributed by atoms with Crippen LogP contribution in [0.4, 0.5) is 11.4 Å². The molecule has 2 unspecified atom stereocenters. The number of rotatable bonds is 2. The summed E-state index contributed by atoms with van der Waals surface area (Å²) in [4.78, 5) is 4.71. The van der Waals surface area contributed by atoms with E-state index < -0.39 is 17.6 Å². The number of fused-ring (bicyclic) bond motifs is 6. The molecule has 0 N–H and O–H groups in total. The van der Waals surface area contributed by atoms with Gasteiger partial charge in [0.15, 0.2) is 0 Å². The van der Waals surface area contributed by atoms with Crippen LogP contribution in [0.1, 0.15) is 25.0 Å². The van der Waals surface area contributed by atoms with Gasteiger partial charge in [-0.05, 0) is 0 Å². The van der Waals surface area contributed by atoms with E-state index in [1.807, 2.05) is 0 Å². The quantitative estimate of drug-likeness (QED) is 0.343. The molecular formula is C26H24Cl2HfN2. The van der Waals surface area contributed by atoms with Crippen molar-refractivity contribution in [3.63, 3.8) is 0 Å². The molecule has 156 valence electrons. The molecule has 0 radical (unpaired) electrons. The van der Waals surface area contributed by atoms with Crippen LogP contribution in [0.2, 0.25) is 0 Å². The summed E-state index contributed by atoms with van der Waals surface area (Å²) in [6.07, 6.45) is 4.71. The fourth-order valence-electron chi connectivity index (χ4n) is 6.00.